The lowest BCUT2D eigenvalue weighted by Crippen LogP contribution is -2.21. The van der Waals surface area contributed by atoms with Gasteiger partial charge in [-0.25, -0.2) is 9.97 Å². The van der Waals surface area contributed by atoms with Crippen molar-refractivity contribution in [2.24, 2.45) is 7.05 Å². The van der Waals surface area contributed by atoms with Gasteiger partial charge < -0.3 is 4.57 Å². The van der Waals surface area contributed by atoms with E-state index >= 15 is 0 Å². The van der Waals surface area contributed by atoms with Crippen molar-refractivity contribution in [2.75, 3.05) is 0 Å². The molecule has 0 spiro atoms. The van der Waals surface area contributed by atoms with Gasteiger partial charge in [0.1, 0.15) is 12.2 Å². The summed E-state index contributed by atoms with van der Waals surface area (Å²) in [6.45, 7) is 2.72. The first-order chi connectivity index (χ1) is 14.3. The standard InChI is InChI=1S/C20H19F3N6O/c1-3-7-28-12-24-17-16(19(28)30)27(2)18(26-17)14-9-25-29(11-14)10-13-5-4-6-15(8-13)20(21,22)23/h4-6,8-9,11-12H,3,7,10H2,1-2H3. The van der Waals surface area contributed by atoms with Crippen LogP contribution in [0.15, 0.2) is 47.8 Å². The molecule has 0 saturated heterocycles. The highest BCUT2D eigenvalue weighted by Crippen LogP contribution is 2.29. The third-order valence-electron chi connectivity index (χ3n) is 4.81. The van der Waals surface area contributed by atoms with Crippen molar-refractivity contribution >= 4 is 11.2 Å². The summed E-state index contributed by atoms with van der Waals surface area (Å²) in [5.74, 6) is 0.513. The lowest BCUT2D eigenvalue weighted by atomic mass is 10.1. The van der Waals surface area contributed by atoms with Crippen LogP contribution in [0.25, 0.3) is 22.6 Å². The Kier molecular flexibility index (Phi) is 4.92. The highest BCUT2D eigenvalue weighted by atomic mass is 19.4. The summed E-state index contributed by atoms with van der Waals surface area (Å²) in [5, 5.41) is 4.24. The summed E-state index contributed by atoms with van der Waals surface area (Å²) in [7, 11) is 1.73. The molecule has 10 heteroatoms. The number of aromatic nitrogens is 6. The van der Waals surface area contributed by atoms with E-state index in [-0.39, 0.29) is 12.1 Å². The molecular formula is C20H19F3N6O. The Balaban J connectivity index is 1.66. The van der Waals surface area contributed by atoms with Gasteiger partial charge in [0, 0.05) is 19.8 Å². The molecule has 0 N–H and O–H groups in total. The highest BCUT2D eigenvalue weighted by Gasteiger charge is 2.30. The highest BCUT2D eigenvalue weighted by molar-refractivity contribution is 5.75. The first-order valence-corrected chi connectivity index (χ1v) is 9.38. The summed E-state index contributed by atoms with van der Waals surface area (Å²) < 4.78 is 43.5. The lowest BCUT2D eigenvalue weighted by molar-refractivity contribution is -0.137. The predicted octanol–water partition coefficient (Wildman–Crippen LogP) is 3.47. The molecule has 4 rings (SSSR count). The van der Waals surface area contributed by atoms with E-state index in [0.29, 0.717) is 34.7 Å². The molecule has 156 valence electrons. The van der Waals surface area contributed by atoms with Crippen molar-refractivity contribution in [1.29, 1.82) is 0 Å². The molecule has 7 nitrogen and oxygen atoms in total. The van der Waals surface area contributed by atoms with Crippen molar-refractivity contribution < 1.29 is 13.2 Å². The van der Waals surface area contributed by atoms with E-state index in [1.165, 1.54) is 17.1 Å². The molecule has 30 heavy (non-hydrogen) atoms. The lowest BCUT2D eigenvalue weighted by Gasteiger charge is -2.08. The van der Waals surface area contributed by atoms with Gasteiger partial charge in [0.25, 0.3) is 5.56 Å². The number of rotatable bonds is 5. The number of imidazole rings is 1. The van der Waals surface area contributed by atoms with Gasteiger partial charge in [-0.05, 0) is 24.1 Å². The van der Waals surface area contributed by atoms with Crippen LogP contribution in [0.4, 0.5) is 13.2 Å². The number of hydrogen-bond donors (Lipinski definition) is 0. The van der Waals surface area contributed by atoms with E-state index in [2.05, 4.69) is 15.1 Å². The molecule has 3 heterocycles. The monoisotopic (exact) mass is 416 g/mol. The second kappa shape index (κ2) is 7.43. The molecule has 0 amide bonds. The summed E-state index contributed by atoms with van der Waals surface area (Å²) in [6.07, 6.45) is 1.16. The van der Waals surface area contributed by atoms with Crippen LogP contribution in [0.2, 0.25) is 0 Å². The number of alkyl halides is 3. The van der Waals surface area contributed by atoms with Crippen LogP contribution in [0.3, 0.4) is 0 Å². The smallest absolute Gasteiger partial charge is 0.321 e. The Morgan fingerprint density at radius 3 is 2.73 bits per heavy atom. The molecule has 0 radical (unpaired) electrons. The minimum Gasteiger partial charge on any atom is -0.321 e. The maximum absolute atomic E-state index is 12.9. The zero-order valence-electron chi connectivity index (χ0n) is 16.4. The molecule has 0 bridgehead atoms. The summed E-state index contributed by atoms with van der Waals surface area (Å²) in [4.78, 5) is 21.4. The van der Waals surface area contributed by atoms with E-state index in [4.69, 9.17) is 0 Å². The predicted molar refractivity (Wildman–Crippen MR) is 105 cm³/mol. The fraction of sp³-hybridized carbons (Fsp3) is 0.300. The van der Waals surface area contributed by atoms with Crippen molar-refractivity contribution in [3.8, 4) is 11.4 Å². The average molecular weight is 416 g/mol. The topological polar surface area (TPSA) is 70.5 Å². The number of hydrogen-bond acceptors (Lipinski definition) is 4. The van der Waals surface area contributed by atoms with Gasteiger partial charge in [-0.1, -0.05) is 19.1 Å². The Morgan fingerprint density at radius 2 is 2.00 bits per heavy atom. The van der Waals surface area contributed by atoms with Crippen LogP contribution in [0.5, 0.6) is 0 Å². The molecular weight excluding hydrogens is 397 g/mol. The van der Waals surface area contributed by atoms with Gasteiger partial charge in [0.15, 0.2) is 11.2 Å². The van der Waals surface area contributed by atoms with Crippen LogP contribution < -0.4 is 5.56 Å². The zero-order valence-corrected chi connectivity index (χ0v) is 16.4. The maximum Gasteiger partial charge on any atom is 0.416 e. The van der Waals surface area contributed by atoms with Gasteiger partial charge in [-0.3, -0.25) is 14.0 Å². The number of halogens is 3. The van der Waals surface area contributed by atoms with E-state index < -0.39 is 11.7 Å². The number of nitrogens with zero attached hydrogens (tertiary/aromatic N) is 6. The van der Waals surface area contributed by atoms with Crippen molar-refractivity contribution in [2.45, 2.75) is 32.6 Å². The molecule has 1 aromatic carbocycles. The molecule has 3 aromatic heterocycles. The van der Waals surface area contributed by atoms with Crippen molar-refractivity contribution in [3.05, 3.63) is 64.5 Å². The fourth-order valence-electron chi connectivity index (χ4n) is 3.38. The summed E-state index contributed by atoms with van der Waals surface area (Å²) >= 11 is 0. The molecule has 0 aliphatic carbocycles. The maximum atomic E-state index is 12.9. The SMILES string of the molecule is CCCn1cnc2nc(-c3cnn(Cc4cccc(C(F)(F)F)c4)c3)n(C)c2c1=O. The average Bonchev–Trinajstić information content (AvgIpc) is 3.28. The van der Waals surface area contributed by atoms with Crippen molar-refractivity contribution in [3.63, 3.8) is 0 Å². The minimum absolute atomic E-state index is 0.167. The zero-order chi connectivity index (χ0) is 21.5. The number of aryl methyl sites for hydroxylation is 2. The third-order valence-corrected chi connectivity index (χ3v) is 4.81. The van der Waals surface area contributed by atoms with Crippen LogP contribution in [-0.2, 0) is 26.3 Å². The second-order valence-electron chi connectivity index (χ2n) is 7.03. The van der Waals surface area contributed by atoms with E-state index in [1.54, 1.807) is 34.6 Å². The molecule has 0 fully saturated rings. The summed E-state index contributed by atoms with van der Waals surface area (Å²) in [5.41, 5.74) is 0.996. The Morgan fingerprint density at radius 1 is 1.20 bits per heavy atom. The van der Waals surface area contributed by atoms with Gasteiger partial charge >= 0.3 is 6.18 Å². The van der Waals surface area contributed by atoms with E-state index in [0.717, 1.165) is 18.6 Å². The largest absolute Gasteiger partial charge is 0.416 e. The molecule has 0 aliphatic rings. The van der Waals surface area contributed by atoms with Gasteiger partial charge in [0.05, 0.1) is 23.9 Å². The third kappa shape index (κ3) is 3.60. The van der Waals surface area contributed by atoms with Crippen LogP contribution in [0.1, 0.15) is 24.5 Å². The molecule has 0 atom stereocenters. The quantitative estimate of drug-likeness (QED) is 0.500. The fourth-order valence-corrected chi connectivity index (χ4v) is 3.38. The Bertz CT molecular complexity index is 1270. The van der Waals surface area contributed by atoms with E-state index in [1.807, 2.05) is 6.92 Å². The number of benzene rings is 1. The Labute approximate surface area is 169 Å². The van der Waals surface area contributed by atoms with Crippen LogP contribution >= 0.6 is 0 Å². The second-order valence-corrected chi connectivity index (χ2v) is 7.03. The first-order valence-electron chi connectivity index (χ1n) is 9.38. The van der Waals surface area contributed by atoms with Gasteiger partial charge in [0.2, 0.25) is 0 Å². The number of fused-ring (bicyclic) bond motifs is 1. The van der Waals surface area contributed by atoms with Gasteiger partial charge in [-0.15, -0.1) is 0 Å². The molecule has 4 aromatic rings. The van der Waals surface area contributed by atoms with E-state index in [9.17, 15) is 18.0 Å². The van der Waals surface area contributed by atoms with Crippen LogP contribution in [0, 0.1) is 0 Å². The summed E-state index contributed by atoms with van der Waals surface area (Å²) in [6, 6.07) is 5.14. The normalized spacial score (nSPS) is 12.0. The van der Waals surface area contributed by atoms with Crippen LogP contribution in [-0.4, -0.2) is 28.9 Å². The Hall–Kier alpha value is -3.43. The van der Waals surface area contributed by atoms with Crippen molar-refractivity contribution in [1.82, 2.24) is 28.9 Å². The molecule has 0 unspecified atom stereocenters. The molecule has 0 aliphatic heterocycles. The van der Waals surface area contributed by atoms with Gasteiger partial charge in [-0.2, -0.15) is 18.3 Å². The molecule has 0 saturated carbocycles. The first kappa shape index (κ1) is 19.9. The minimum atomic E-state index is -4.39.